The molecule has 0 aliphatic carbocycles. The van der Waals surface area contributed by atoms with Gasteiger partial charge in [0.15, 0.2) is 0 Å². The summed E-state index contributed by atoms with van der Waals surface area (Å²) >= 11 is 0. The summed E-state index contributed by atoms with van der Waals surface area (Å²) in [7, 11) is 0. The quantitative estimate of drug-likeness (QED) is 0.0938. The zero-order valence-corrected chi connectivity index (χ0v) is 21.7. The summed E-state index contributed by atoms with van der Waals surface area (Å²) in [6.07, 6.45) is 24.4. The molecular weight excluding hydrogens is 400 g/mol. The van der Waals surface area contributed by atoms with Gasteiger partial charge in [-0.25, -0.2) is 0 Å². The van der Waals surface area contributed by atoms with Crippen LogP contribution >= 0.6 is 0 Å². The second kappa shape index (κ2) is 22.9. The van der Waals surface area contributed by atoms with Crippen molar-refractivity contribution < 1.29 is 19.1 Å². The summed E-state index contributed by atoms with van der Waals surface area (Å²) < 4.78 is 10.6. The van der Waals surface area contributed by atoms with Crippen LogP contribution in [0, 0.1) is 0 Å². The number of ether oxygens (including phenoxy) is 2. The highest BCUT2D eigenvalue weighted by Crippen LogP contribution is 2.13. The standard InChI is InChI=1S/C28H52O4/c1-5-25(3)31-27(29)23-21-19-17-15-13-11-9-7-8-10-12-14-16-18-20-22-24-28(30)32-26(4)6-2/h13,15,25-26H,5-12,14,16-24H2,1-4H3/b15-13+. The van der Waals surface area contributed by atoms with Crippen LogP contribution in [-0.4, -0.2) is 24.1 Å². The zero-order valence-electron chi connectivity index (χ0n) is 21.7. The van der Waals surface area contributed by atoms with Crippen LogP contribution in [0.4, 0.5) is 0 Å². The van der Waals surface area contributed by atoms with E-state index in [1.165, 1.54) is 57.8 Å². The number of carbonyl (C=O) groups is 2. The lowest BCUT2D eigenvalue weighted by molar-refractivity contribution is -0.149. The summed E-state index contributed by atoms with van der Waals surface area (Å²) in [4.78, 5) is 23.2. The molecule has 4 nitrogen and oxygen atoms in total. The molecule has 0 heterocycles. The highest BCUT2D eigenvalue weighted by Gasteiger charge is 2.07. The summed E-state index contributed by atoms with van der Waals surface area (Å²) in [5.41, 5.74) is 0. The molecule has 0 fully saturated rings. The summed E-state index contributed by atoms with van der Waals surface area (Å²) in [5.74, 6) is -0.0873. The van der Waals surface area contributed by atoms with Gasteiger partial charge in [0, 0.05) is 12.8 Å². The highest BCUT2D eigenvalue weighted by molar-refractivity contribution is 5.69. The van der Waals surface area contributed by atoms with Crippen molar-refractivity contribution >= 4 is 11.9 Å². The maximum Gasteiger partial charge on any atom is 0.306 e. The fraction of sp³-hybridized carbons (Fsp3) is 0.857. The lowest BCUT2D eigenvalue weighted by Crippen LogP contribution is -2.13. The zero-order chi connectivity index (χ0) is 23.9. The van der Waals surface area contributed by atoms with Crippen molar-refractivity contribution in [3.63, 3.8) is 0 Å². The first-order valence-electron chi connectivity index (χ1n) is 13.5. The van der Waals surface area contributed by atoms with E-state index in [4.69, 9.17) is 9.47 Å². The van der Waals surface area contributed by atoms with Gasteiger partial charge in [0.1, 0.15) is 0 Å². The van der Waals surface area contributed by atoms with Crippen LogP contribution in [0.5, 0.6) is 0 Å². The number of esters is 2. The van der Waals surface area contributed by atoms with Crippen molar-refractivity contribution in [2.75, 3.05) is 0 Å². The van der Waals surface area contributed by atoms with Crippen molar-refractivity contribution in [1.29, 1.82) is 0 Å². The van der Waals surface area contributed by atoms with Crippen molar-refractivity contribution in [1.82, 2.24) is 0 Å². The molecule has 0 radical (unpaired) electrons. The van der Waals surface area contributed by atoms with Gasteiger partial charge in [-0.1, -0.05) is 77.4 Å². The molecule has 2 unspecified atom stereocenters. The van der Waals surface area contributed by atoms with Gasteiger partial charge >= 0.3 is 11.9 Å². The molecule has 0 saturated heterocycles. The average Bonchev–Trinajstić information content (AvgIpc) is 2.77. The Bertz CT molecular complexity index is 472. The van der Waals surface area contributed by atoms with Gasteiger partial charge in [0.2, 0.25) is 0 Å². The molecule has 0 aromatic heterocycles. The molecular formula is C28H52O4. The lowest BCUT2D eigenvalue weighted by atomic mass is 10.0. The third-order valence-electron chi connectivity index (χ3n) is 5.99. The molecule has 0 rings (SSSR count). The van der Waals surface area contributed by atoms with E-state index in [-0.39, 0.29) is 24.1 Å². The van der Waals surface area contributed by atoms with E-state index in [0.717, 1.165) is 44.9 Å². The van der Waals surface area contributed by atoms with Crippen LogP contribution in [0.2, 0.25) is 0 Å². The Kier molecular flexibility index (Phi) is 21.9. The minimum absolute atomic E-state index is 0.0340. The number of unbranched alkanes of at least 4 members (excludes halogenated alkanes) is 12. The lowest BCUT2D eigenvalue weighted by Gasteiger charge is -2.10. The molecule has 0 aliphatic rings. The predicted octanol–water partition coefficient (Wildman–Crippen LogP) is 8.47. The van der Waals surface area contributed by atoms with Crippen LogP contribution in [0.15, 0.2) is 12.2 Å². The van der Waals surface area contributed by atoms with Crippen molar-refractivity contribution in [3.8, 4) is 0 Å². The van der Waals surface area contributed by atoms with Crippen LogP contribution in [0.1, 0.15) is 143 Å². The largest absolute Gasteiger partial charge is 0.463 e. The molecule has 0 bridgehead atoms. The predicted molar refractivity (Wildman–Crippen MR) is 135 cm³/mol. The van der Waals surface area contributed by atoms with E-state index in [1.54, 1.807) is 0 Å². The number of allylic oxidation sites excluding steroid dienone is 2. The van der Waals surface area contributed by atoms with E-state index in [9.17, 15) is 9.59 Å². The van der Waals surface area contributed by atoms with Gasteiger partial charge in [-0.05, 0) is 65.2 Å². The van der Waals surface area contributed by atoms with E-state index in [1.807, 2.05) is 27.7 Å². The first-order valence-corrected chi connectivity index (χ1v) is 13.5. The maximum atomic E-state index is 11.6. The Morgan fingerprint density at radius 2 is 0.875 bits per heavy atom. The summed E-state index contributed by atoms with van der Waals surface area (Å²) in [5, 5.41) is 0. The van der Waals surface area contributed by atoms with Crippen LogP contribution < -0.4 is 0 Å². The van der Waals surface area contributed by atoms with Crippen molar-refractivity contribution in [3.05, 3.63) is 12.2 Å². The van der Waals surface area contributed by atoms with E-state index in [0.29, 0.717) is 12.8 Å². The third-order valence-corrected chi connectivity index (χ3v) is 5.99. The highest BCUT2D eigenvalue weighted by atomic mass is 16.5. The fourth-order valence-corrected chi connectivity index (χ4v) is 3.45. The number of hydrogen-bond donors (Lipinski definition) is 0. The maximum absolute atomic E-state index is 11.6. The first-order chi connectivity index (χ1) is 15.5. The Hall–Kier alpha value is -1.32. The molecule has 188 valence electrons. The average molecular weight is 453 g/mol. The fourth-order valence-electron chi connectivity index (χ4n) is 3.45. The topological polar surface area (TPSA) is 52.6 Å². The van der Waals surface area contributed by atoms with Crippen molar-refractivity contribution in [2.45, 2.75) is 155 Å². The number of rotatable bonds is 22. The number of carbonyl (C=O) groups excluding carboxylic acids is 2. The van der Waals surface area contributed by atoms with Gasteiger partial charge in [-0.2, -0.15) is 0 Å². The molecule has 0 amide bonds. The van der Waals surface area contributed by atoms with Crippen molar-refractivity contribution in [2.24, 2.45) is 0 Å². The second-order valence-electron chi connectivity index (χ2n) is 9.21. The minimum atomic E-state index is -0.0533. The normalized spacial score (nSPS) is 13.2. The summed E-state index contributed by atoms with van der Waals surface area (Å²) in [6.45, 7) is 7.97. The SMILES string of the molecule is CCC(C)OC(=O)CCCC/C=C/CCCCCCCCCCCCC(=O)OC(C)CC. The van der Waals surface area contributed by atoms with E-state index < -0.39 is 0 Å². The Morgan fingerprint density at radius 1 is 0.562 bits per heavy atom. The number of hydrogen-bond acceptors (Lipinski definition) is 4. The molecule has 0 aromatic carbocycles. The minimum Gasteiger partial charge on any atom is -0.463 e. The van der Waals surface area contributed by atoms with Crippen LogP contribution in [0.25, 0.3) is 0 Å². The van der Waals surface area contributed by atoms with Crippen LogP contribution in [0.3, 0.4) is 0 Å². The monoisotopic (exact) mass is 452 g/mol. The van der Waals surface area contributed by atoms with Gasteiger partial charge in [-0.15, -0.1) is 0 Å². The Balaban J connectivity index is 3.27. The molecule has 32 heavy (non-hydrogen) atoms. The second-order valence-corrected chi connectivity index (χ2v) is 9.21. The van der Waals surface area contributed by atoms with Gasteiger partial charge in [0.25, 0.3) is 0 Å². The Labute approximate surface area is 198 Å². The van der Waals surface area contributed by atoms with Gasteiger partial charge in [0.05, 0.1) is 12.2 Å². The Morgan fingerprint density at radius 3 is 1.28 bits per heavy atom. The van der Waals surface area contributed by atoms with Crippen LogP contribution in [-0.2, 0) is 19.1 Å². The summed E-state index contributed by atoms with van der Waals surface area (Å²) in [6, 6.07) is 0. The molecule has 0 saturated carbocycles. The molecule has 0 aliphatic heterocycles. The van der Waals surface area contributed by atoms with E-state index in [2.05, 4.69) is 12.2 Å². The van der Waals surface area contributed by atoms with Gasteiger partial charge < -0.3 is 9.47 Å². The van der Waals surface area contributed by atoms with E-state index >= 15 is 0 Å². The third kappa shape index (κ3) is 21.9. The molecule has 0 spiro atoms. The van der Waals surface area contributed by atoms with Gasteiger partial charge in [-0.3, -0.25) is 9.59 Å². The molecule has 0 aromatic rings. The molecule has 2 atom stereocenters. The first kappa shape index (κ1) is 30.7. The molecule has 4 heteroatoms. The molecule has 0 N–H and O–H groups in total. The smallest absolute Gasteiger partial charge is 0.306 e.